The molecule has 0 aromatic carbocycles. The molecule has 0 amide bonds. The normalized spacial score (nSPS) is 36.7. The Labute approximate surface area is 69.1 Å². The molecular weight excluding hydrogens is 136 g/mol. The minimum absolute atomic E-state index is 0.149. The Balaban J connectivity index is 2.66. The smallest absolute Gasteiger partial charge is 0.0605 e. The maximum atomic E-state index is 9.64. The van der Waals surface area contributed by atoms with Crippen LogP contribution in [0.2, 0.25) is 0 Å². The second-order valence-corrected chi connectivity index (χ2v) is 4.43. The van der Waals surface area contributed by atoms with Gasteiger partial charge in [0.15, 0.2) is 0 Å². The van der Waals surface area contributed by atoms with Gasteiger partial charge in [-0.3, -0.25) is 0 Å². The lowest BCUT2D eigenvalue weighted by Crippen LogP contribution is -2.22. The molecule has 0 fully saturated rings. The van der Waals surface area contributed by atoms with E-state index in [1.165, 1.54) is 0 Å². The standard InChI is InChI=1S/C10H18O/c1-8-5-4-6-10(2,3)7-9(8)11/h4-5,8-9,11H,6-7H2,1-3H3/t8-,9-/m1/s1. The van der Waals surface area contributed by atoms with Crippen LogP contribution in [0.15, 0.2) is 12.2 Å². The Hall–Kier alpha value is -0.300. The van der Waals surface area contributed by atoms with E-state index >= 15 is 0 Å². The van der Waals surface area contributed by atoms with E-state index in [-0.39, 0.29) is 11.5 Å². The average molecular weight is 154 g/mol. The number of hydrogen-bond donors (Lipinski definition) is 1. The van der Waals surface area contributed by atoms with Gasteiger partial charge in [0, 0.05) is 0 Å². The first-order valence-corrected chi connectivity index (χ1v) is 4.36. The lowest BCUT2D eigenvalue weighted by molar-refractivity contribution is 0.0903. The Morgan fingerprint density at radius 2 is 2.09 bits per heavy atom. The van der Waals surface area contributed by atoms with Crippen molar-refractivity contribution in [3.63, 3.8) is 0 Å². The highest BCUT2D eigenvalue weighted by Gasteiger charge is 2.25. The summed E-state index contributed by atoms with van der Waals surface area (Å²) >= 11 is 0. The molecule has 0 spiro atoms. The summed E-state index contributed by atoms with van der Waals surface area (Å²) in [6.07, 6.45) is 6.18. The maximum absolute atomic E-state index is 9.64. The Morgan fingerprint density at radius 1 is 1.45 bits per heavy atom. The summed E-state index contributed by atoms with van der Waals surface area (Å²) in [4.78, 5) is 0. The predicted octanol–water partition coefficient (Wildman–Crippen LogP) is 2.36. The summed E-state index contributed by atoms with van der Waals surface area (Å²) < 4.78 is 0. The first kappa shape index (κ1) is 8.79. The molecule has 1 aliphatic carbocycles. The zero-order chi connectivity index (χ0) is 8.48. The number of hydrogen-bond acceptors (Lipinski definition) is 1. The fourth-order valence-electron chi connectivity index (χ4n) is 1.57. The van der Waals surface area contributed by atoms with Gasteiger partial charge < -0.3 is 5.11 Å². The molecule has 0 radical (unpaired) electrons. The molecule has 0 bridgehead atoms. The van der Waals surface area contributed by atoms with Gasteiger partial charge in [-0.25, -0.2) is 0 Å². The zero-order valence-corrected chi connectivity index (χ0v) is 7.67. The van der Waals surface area contributed by atoms with Gasteiger partial charge >= 0.3 is 0 Å². The molecule has 0 aliphatic heterocycles. The van der Waals surface area contributed by atoms with Gasteiger partial charge in [-0.2, -0.15) is 0 Å². The molecule has 1 heteroatoms. The minimum Gasteiger partial charge on any atom is -0.393 e. The summed E-state index contributed by atoms with van der Waals surface area (Å²) in [6.45, 7) is 6.49. The summed E-state index contributed by atoms with van der Waals surface area (Å²) in [6, 6.07) is 0. The number of rotatable bonds is 0. The van der Waals surface area contributed by atoms with Crippen molar-refractivity contribution >= 4 is 0 Å². The van der Waals surface area contributed by atoms with Crippen molar-refractivity contribution in [3.8, 4) is 0 Å². The van der Waals surface area contributed by atoms with E-state index in [0.717, 1.165) is 12.8 Å². The predicted molar refractivity (Wildman–Crippen MR) is 47.3 cm³/mol. The van der Waals surface area contributed by atoms with Crippen molar-refractivity contribution in [3.05, 3.63) is 12.2 Å². The topological polar surface area (TPSA) is 20.2 Å². The van der Waals surface area contributed by atoms with Gasteiger partial charge in [-0.05, 0) is 24.2 Å². The quantitative estimate of drug-likeness (QED) is 0.531. The molecule has 0 aromatic heterocycles. The fourth-order valence-corrected chi connectivity index (χ4v) is 1.57. The van der Waals surface area contributed by atoms with Crippen LogP contribution in [-0.4, -0.2) is 11.2 Å². The Morgan fingerprint density at radius 3 is 2.73 bits per heavy atom. The van der Waals surface area contributed by atoms with Crippen LogP contribution in [0.25, 0.3) is 0 Å². The molecule has 1 N–H and O–H groups in total. The van der Waals surface area contributed by atoms with Gasteiger partial charge in [0.1, 0.15) is 0 Å². The van der Waals surface area contributed by atoms with Crippen LogP contribution in [-0.2, 0) is 0 Å². The van der Waals surface area contributed by atoms with Crippen LogP contribution in [0, 0.1) is 11.3 Å². The second kappa shape index (κ2) is 2.98. The molecule has 0 unspecified atom stereocenters. The first-order valence-electron chi connectivity index (χ1n) is 4.36. The highest BCUT2D eigenvalue weighted by molar-refractivity contribution is 4.98. The molecule has 0 saturated carbocycles. The van der Waals surface area contributed by atoms with E-state index in [4.69, 9.17) is 0 Å². The molecule has 1 nitrogen and oxygen atoms in total. The van der Waals surface area contributed by atoms with Crippen molar-refractivity contribution < 1.29 is 5.11 Å². The maximum Gasteiger partial charge on any atom is 0.0605 e. The summed E-state index contributed by atoms with van der Waals surface area (Å²) in [5, 5.41) is 9.64. The SMILES string of the molecule is C[C@@H]1C=CCC(C)(C)C[C@H]1O. The van der Waals surface area contributed by atoms with E-state index in [1.54, 1.807) is 0 Å². The second-order valence-electron chi connectivity index (χ2n) is 4.43. The molecule has 64 valence electrons. The van der Waals surface area contributed by atoms with Gasteiger partial charge in [0.25, 0.3) is 0 Å². The third-order valence-corrected chi connectivity index (χ3v) is 2.48. The molecular formula is C10H18O. The first-order chi connectivity index (χ1) is 5.01. The lowest BCUT2D eigenvalue weighted by Gasteiger charge is -2.25. The molecule has 1 rings (SSSR count). The monoisotopic (exact) mass is 154 g/mol. The zero-order valence-electron chi connectivity index (χ0n) is 7.67. The number of aliphatic hydroxyl groups excluding tert-OH is 1. The van der Waals surface area contributed by atoms with Gasteiger partial charge in [-0.15, -0.1) is 0 Å². The van der Waals surface area contributed by atoms with Crippen LogP contribution in [0.4, 0.5) is 0 Å². The van der Waals surface area contributed by atoms with Crippen LogP contribution >= 0.6 is 0 Å². The Bertz CT molecular complexity index is 158. The van der Waals surface area contributed by atoms with Gasteiger partial charge in [-0.1, -0.05) is 32.9 Å². The Kier molecular flexibility index (Phi) is 2.38. The number of allylic oxidation sites excluding steroid dienone is 1. The van der Waals surface area contributed by atoms with Crippen LogP contribution in [0.5, 0.6) is 0 Å². The summed E-state index contributed by atoms with van der Waals surface area (Å²) in [7, 11) is 0. The average Bonchev–Trinajstić information content (AvgIpc) is 1.93. The van der Waals surface area contributed by atoms with E-state index in [0.29, 0.717) is 5.92 Å². The van der Waals surface area contributed by atoms with Crippen molar-refractivity contribution in [2.24, 2.45) is 11.3 Å². The third kappa shape index (κ3) is 2.33. The van der Waals surface area contributed by atoms with E-state index in [2.05, 4.69) is 32.9 Å². The molecule has 11 heavy (non-hydrogen) atoms. The van der Waals surface area contributed by atoms with Crippen molar-refractivity contribution in [1.29, 1.82) is 0 Å². The lowest BCUT2D eigenvalue weighted by atomic mass is 9.83. The largest absolute Gasteiger partial charge is 0.393 e. The molecule has 1 aliphatic rings. The fraction of sp³-hybridized carbons (Fsp3) is 0.800. The molecule has 0 aromatic rings. The highest BCUT2D eigenvalue weighted by Crippen LogP contribution is 2.32. The van der Waals surface area contributed by atoms with Crippen molar-refractivity contribution in [1.82, 2.24) is 0 Å². The summed E-state index contributed by atoms with van der Waals surface area (Å²) in [5.74, 6) is 0.330. The summed E-state index contributed by atoms with van der Waals surface area (Å²) in [5.41, 5.74) is 0.278. The van der Waals surface area contributed by atoms with Crippen LogP contribution < -0.4 is 0 Å². The van der Waals surface area contributed by atoms with E-state index in [1.807, 2.05) is 0 Å². The van der Waals surface area contributed by atoms with Crippen molar-refractivity contribution in [2.45, 2.75) is 39.7 Å². The van der Waals surface area contributed by atoms with Crippen LogP contribution in [0.1, 0.15) is 33.6 Å². The third-order valence-electron chi connectivity index (χ3n) is 2.48. The molecule has 0 saturated heterocycles. The van der Waals surface area contributed by atoms with Gasteiger partial charge in [0.05, 0.1) is 6.10 Å². The minimum atomic E-state index is -0.149. The molecule has 2 atom stereocenters. The van der Waals surface area contributed by atoms with Crippen LogP contribution in [0.3, 0.4) is 0 Å². The van der Waals surface area contributed by atoms with Crippen molar-refractivity contribution in [2.75, 3.05) is 0 Å². The van der Waals surface area contributed by atoms with E-state index < -0.39 is 0 Å². The van der Waals surface area contributed by atoms with E-state index in [9.17, 15) is 5.11 Å². The number of aliphatic hydroxyl groups is 1. The molecule has 0 heterocycles. The van der Waals surface area contributed by atoms with Gasteiger partial charge in [0.2, 0.25) is 0 Å². The highest BCUT2D eigenvalue weighted by atomic mass is 16.3.